The highest BCUT2D eigenvalue weighted by Crippen LogP contribution is 2.29. The van der Waals surface area contributed by atoms with Gasteiger partial charge in [0.1, 0.15) is 0 Å². The molecule has 1 aromatic rings. The summed E-state index contributed by atoms with van der Waals surface area (Å²) in [6.45, 7) is 1.31. The molecule has 2 amide bonds. The third-order valence-corrected chi connectivity index (χ3v) is 4.74. The molecule has 2 aliphatic heterocycles. The van der Waals surface area contributed by atoms with Crippen LogP contribution in [0.4, 0.5) is 13.2 Å². The highest BCUT2D eigenvalue weighted by molar-refractivity contribution is 5.83. The van der Waals surface area contributed by atoms with Gasteiger partial charge in [0.05, 0.1) is 37.2 Å². The van der Waals surface area contributed by atoms with E-state index in [1.165, 1.54) is 12.1 Å². The van der Waals surface area contributed by atoms with E-state index in [4.69, 9.17) is 4.74 Å². The Morgan fingerprint density at radius 3 is 2.52 bits per heavy atom. The van der Waals surface area contributed by atoms with E-state index in [1.807, 2.05) is 0 Å². The fourth-order valence-electron chi connectivity index (χ4n) is 3.20. The minimum atomic E-state index is -4.39. The van der Waals surface area contributed by atoms with Crippen molar-refractivity contribution in [3.63, 3.8) is 0 Å². The Morgan fingerprint density at radius 2 is 1.88 bits per heavy atom. The number of amides is 2. The van der Waals surface area contributed by atoms with Gasteiger partial charge in [0.15, 0.2) is 0 Å². The number of halogens is 3. The number of benzene rings is 1. The van der Waals surface area contributed by atoms with Crippen LogP contribution in [-0.4, -0.2) is 61.0 Å². The zero-order chi connectivity index (χ0) is 18.2. The van der Waals surface area contributed by atoms with Crippen LogP contribution < -0.4 is 0 Å². The van der Waals surface area contributed by atoms with E-state index in [0.29, 0.717) is 18.7 Å². The lowest BCUT2D eigenvalue weighted by molar-refractivity contribution is -0.137. The fourth-order valence-corrected chi connectivity index (χ4v) is 3.20. The van der Waals surface area contributed by atoms with Crippen LogP contribution in [0.3, 0.4) is 0 Å². The van der Waals surface area contributed by atoms with Gasteiger partial charge in [-0.3, -0.25) is 9.59 Å². The summed E-state index contributed by atoms with van der Waals surface area (Å²) in [5.41, 5.74) is -0.222. The molecule has 0 spiro atoms. The molecular formula is C17H19F3N2O3. The first-order chi connectivity index (χ1) is 11.8. The number of hydrogen-bond donors (Lipinski definition) is 0. The molecule has 25 heavy (non-hydrogen) atoms. The minimum absolute atomic E-state index is 0.0103. The topological polar surface area (TPSA) is 49.9 Å². The zero-order valence-electron chi connectivity index (χ0n) is 13.8. The third-order valence-electron chi connectivity index (χ3n) is 4.74. The Labute approximate surface area is 143 Å². The van der Waals surface area contributed by atoms with Crippen LogP contribution in [0.25, 0.3) is 0 Å². The van der Waals surface area contributed by atoms with Crippen molar-refractivity contribution in [1.29, 1.82) is 0 Å². The van der Waals surface area contributed by atoms with Gasteiger partial charge in [-0.25, -0.2) is 0 Å². The summed E-state index contributed by atoms with van der Waals surface area (Å²) in [7, 11) is 1.71. The van der Waals surface area contributed by atoms with Crippen molar-refractivity contribution in [2.75, 3.05) is 33.4 Å². The first kappa shape index (κ1) is 17.7. The highest BCUT2D eigenvalue weighted by Gasteiger charge is 2.38. The minimum Gasteiger partial charge on any atom is -0.378 e. The van der Waals surface area contributed by atoms with Gasteiger partial charge in [0.25, 0.3) is 0 Å². The SMILES string of the molecule is CN1C(=O)[C@H]2COC[C@@H]1CN(C(=O)Cc1ccc(C(F)(F)F)cc1)C2. The van der Waals surface area contributed by atoms with Crippen LogP contribution >= 0.6 is 0 Å². The van der Waals surface area contributed by atoms with Gasteiger partial charge in [-0.15, -0.1) is 0 Å². The lowest BCUT2D eigenvalue weighted by Gasteiger charge is -2.29. The lowest BCUT2D eigenvalue weighted by atomic mass is 10.1. The van der Waals surface area contributed by atoms with Crippen LogP contribution in [-0.2, 0) is 26.9 Å². The summed E-state index contributed by atoms with van der Waals surface area (Å²) >= 11 is 0. The van der Waals surface area contributed by atoms with Crippen LogP contribution in [0.5, 0.6) is 0 Å². The summed E-state index contributed by atoms with van der Waals surface area (Å²) in [4.78, 5) is 28.1. The summed E-state index contributed by atoms with van der Waals surface area (Å²) < 4.78 is 43.3. The number of alkyl halides is 3. The molecule has 2 heterocycles. The Balaban J connectivity index is 1.70. The Kier molecular flexibility index (Phi) is 4.73. The van der Waals surface area contributed by atoms with E-state index >= 15 is 0 Å². The zero-order valence-corrected chi connectivity index (χ0v) is 13.8. The Hall–Kier alpha value is -2.09. The second-order valence-corrected chi connectivity index (χ2v) is 6.51. The van der Waals surface area contributed by atoms with Gasteiger partial charge in [-0.2, -0.15) is 13.2 Å². The Morgan fingerprint density at radius 1 is 1.20 bits per heavy atom. The van der Waals surface area contributed by atoms with Crippen molar-refractivity contribution in [2.24, 2.45) is 5.92 Å². The summed E-state index contributed by atoms with van der Waals surface area (Å²) in [6, 6.07) is 4.39. The maximum absolute atomic E-state index is 12.6. The van der Waals surface area contributed by atoms with Crippen LogP contribution in [0, 0.1) is 5.92 Å². The van der Waals surface area contributed by atoms with E-state index in [-0.39, 0.29) is 37.4 Å². The molecule has 3 rings (SSSR count). The van der Waals surface area contributed by atoms with Gasteiger partial charge in [0, 0.05) is 20.1 Å². The van der Waals surface area contributed by atoms with E-state index in [9.17, 15) is 22.8 Å². The number of rotatable bonds is 2. The average Bonchev–Trinajstić information content (AvgIpc) is 2.72. The monoisotopic (exact) mass is 356 g/mol. The van der Waals surface area contributed by atoms with Gasteiger partial charge in [-0.05, 0) is 17.7 Å². The maximum Gasteiger partial charge on any atom is 0.416 e. The van der Waals surface area contributed by atoms with Crippen molar-refractivity contribution in [3.8, 4) is 0 Å². The van der Waals surface area contributed by atoms with E-state index in [0.717, 1.165) is 12.1 Å². The molecule has 0 radical (unpaired) electrons. The van der Waals surface area contributed by atoms with Gasteiger partial charge in [-0.1, -0.05) is 12.1 Å². The van der Waals surface area contributed by atoms with Crippen molar-refractivity contribution in [1.82, 2.24) is 9.80 Å². The molecule has 2 fully saturated rings. The molecule has 0 unspecified atom stereocenters. The normalized spacial score (nSPS) is 24.2. The maximum atomic E-state index is 12.6. The number of nitrogens with zero attached hydrogens (tertiary/aromatic N) is 2. The smallest absolute Gasteiger partial charge is 0.378 e. The average molecular weight is 356 g/mol. The van der Waals surface area contributed by atoms with Gasteiger partial charge < -0.3 is 14.5 Å². The van der Waals surface area contributed by atoms with Crippen molar-refractivity contribution in [3.05, 3.63) is 35.4 Å². The summed E-state index contributed by atoms with van der Waals surface area (Å²) in [5, 5.41) is 0. The first-order valence-electron chi connectivity index (χ1n) is 8.04. The number of likely N-dealkylation sites (N-methyl/N-ethyl adjacent to an activating group) is 1. The first-order valence-corrected chi connectivity index (χ1v) is 8.04. The van der Waals surface area contributed by atoms with Crippen molar-refractivity contribution >= 4 is 11.8 Å². The molecule has 0 N–H and O–H groups in total. The molecule has 0 aliphatic carbocycles. The van der Waals surface area contributed by atoms with Crippen LogP contribution in [0.1, 0.15) is 11.1 Å². The second-order valence-electron chi connectivity index (χ2n) is 6.51. The van der Waals surface area contributed by atoms with E-state index in [1.54, 1.807) is 16.8 Å². The molecule has 2 saturated heterocycles. The highest BCUT2D eigenvalue weighted by atomic mass is 19.4. The third kappa shape index (κ3) is 3.78. The molecule has 5 nitrogen and oxygen atoms in total. The largest absolute Gasteiger partial charge is 0.416 e. The number of ether oxygens (including phenoxy) is 1. The van der Waals surface area contributed by atoms with Crippen molar-refractivity contribution < 1.29 is 27.5 Å². The van der Waals surface area contributed by atoms with Crippen LogP contribution in [0.2, 0.25) is 0 Å². The molecule has 1 aromatic carbocycles. The number of carbonyl (C=O) groups excluding carboxylic acids is 2. The quantitative estimate of drug-likeness (QED) is 0.808. The molecule has 8 heteroatoms. The predicted molar refractivity (Wildman–Crippen MR) is 82.6 cm³/mol. The molecule has 2 aliphatic rings. The van der Waals surface area contributed by atoms with Crippen LogP contribution in [0.15, 0.2) is 24.3 Å². The summed E-state index contributed by atoms with van der Waals surface area (Å²) in [5.74, 6) is -0.624. The molecule has 0 saturated carbocycles. The number of carbonyl (C=O) groups is 2. The van der Waals surface area contributed by atoms with Crippen molar-refractivity contribution in [2.45, 2.75) is 18.6 Å². The summed E-state index contributed by atoms with van der Waals surface area (Å²) in [6.07, 6.45) is -4.38. The van der Waals surface area contributed by atoms with Gasteiger partial charge >= 0.3 is 6.18 Å². The standard InChI is InChI=1S/C17H19F3N2O3/c1-21-14-8-22(7-12(16(21)24)9-25-10-14)15(23)6-11-2-4-13(5-3-11)17(18,19)20/h2-5,12,14H,6-10H2,1H3/t12-,14+/m1/s1. The number of fused-ring (bicyclic) bond motifs is 3. The van der Waals surface area contributed by atoms with E-state index in [2.05, 4.69) is 0 Å². The molecule has 2 atom stereocenters. The fraction of sp³-hybridized carbons (Fsp3) is 0.529. The molecule has 136 valence electrons. The van der Waals surface area contributed by atoms with E-state index < -0.39 is 17.7 Å². The molecule has 2 bridgehead atoms. The molecule has 0 aromatic heterocycles. The lowest BCUT2D eigenvalue weighted by Crippen LogP contribution is -2.45. The van der Waals surface area contributed by atoms with Gasteiger partial charge in [0.2, 0.25) is 11.8 Å². The molecular weight excluding hydrogens is 337 g/mol. The Bertz CT molecular complexity index is 660. The second kappa shape index (κ2) is 6.67. The number of hydrogen-bond acceptors (Lipinski definition) is 3. The predicted octanol–water partition coefficient (Wildman–Crippen LogP) is 1.56.